The summed E-state index contributed by atoms with van der Waals surface area (Å²) in [6.45, 7) is 0.195. The maximum absolute atomic E-state index is 11.7. The lowest BCUT2D eigenvalue weighted by Crippen LogP contribution is -2.49. The first-order chi connectivity index (χ1) is 9.13. The molecule has 0 aromatic heterocycles. The zero-order chi connectivity index (χ0) is 13.4. The topological polar surface area (TPSA) is 84.9 Å². The molecule has 0 amide bonds. The Morgan fingerprint density at radius 3 is 2.89 bits per heavy atom. The molecule has 19 heavy (non-hydrogen) atoms. The molecule has 1 aromatic carbocycles. The first-order valence-electron chi connectivity index (χ1n) is 5.87. The minimum absolute atomic E-state index is 0.149. The summed E-state index contributed by atoms with van der Waals surface area (Å²) >= 11 is 0. The zero-order valence-corrected chi connectivity index (χ0v) is 10.8. The number of ether oxygens (including phenoxy) is 2. The summed E-state index contributed by atoms with van der Waals surface area (Å²) in [5.41, 5.74) is 0.864. The van der Waals surface area contributed by atoms with Crippen LogP contribution in [0.2, 0.25) is 0 Å². The molecule has 1 fully saturated rings. The molecule has 7 heteroatoms. The molecule has 0 bridgehead atoms. The number of aliphatic carboxylic acids is 1. The maximum atomic E-state index is 11.7. The Kier molecular flexibility index (Phi) is 3.16. The fourth-order valence-corrected chi connectivity index (χ4v) is 3.65. The van der Waals surface area contributed by atoms with Crippen LogP contribution < -0.4 is 14.8 Å². The fourth-order valence-electron chi connectivity index (χ4n) is 2.24. The number of carbonyl (C=O) groups is 1. The maximum Gasteiger partial charge on any atom is 0.321 e. The zero-order valence-electron chi connectivity index (χ0n) is 10.00. The second kappa shape index (κ2) is 4.82. The van der Waals surface area contributed by atoms with Crippen LogP contribution in [-0.2, 0) is 15.6 Å². The predicted octanol–water partition coefficient (Wildman–Crippen LogP) is 0.261. The van der Waals surface area contributed by atoms with Crippen molar-refractivity contribution in [2.24, 2.45) is 0 Å². The van der Waals surface area contributed by atoms with E-state index < -0.39 is 22.8 Å². The van der Waals surface area contributed by atoms with Crippen LogP contribution in [0.3, 0.4) is 0 Å². The van der Waals surface area contributed by atoms with Crippen LogP contribution in [0.1, 0.15) is 11.6 Å². The Bertz CT molecular complexity index is 547. The standard InChI is InChI=1S/C12H13NO5S/c14-12(15)9-5-19(16)4-8(13-9)7-1-2-10-11(3-7)18-6-17-10/h1-3,8-9,13H,4-6H2,(H,14,15). The summed E-state index contributed by atoms with van der Waals surface area (Å²) in [6, 6.07) is 4.41. The number of fused-ring (bicyclic) bond motifs is 1. The van der Waals surface area contributed by atoms with Crippen LogP contribution in [0.4, 0.5) is 0 Å². The number of rotatable bonds is 2. The van der Waals surface area contributed by atoms with Crippen molar-refractivity contribution >= 4 is 16.8 Å². The summed E-state index contributed by atoms with van der Waals surface area (Å²) in [6.07, 6.45) is 0. The van der Waals surface area contributed by atoms with Gasteiger partial charge in [0.05, 0.1) is 0 Å². The van der Waals surface area contributed by atoms with Crippen LogP contribution >= 0.6 is 0 Å². The highest BCUT2D eigenvalue weighted by molar-refractivity contribution is 7.85. The van der Waals surface area contributed by atoms with Crippen molar-refractivity contribution in [1.82, 2.24) is 5.32 Å². The van der Waals surface area contributed by atoms with E-state index in [1.165, 1.54) is 0 Å². The van der Waals surface area contributed by atoms with E-state index in [2.05, 4.69) is 5.32 Å². The van der Waals surface area contributed by atoms with Crippen LogP contribution in [-0.4, -0.2) is 39.6 Å². The molecule has 0 radical (unpaired) electrons. The van der Waals surface area contributed by atoms with Crippen molar-refractivity contribution in [2.75, 3.05) is 18.3 Å². The van der Waals surface area contributed by atoms with Crippen molar-refractivity contribution in [2.45, 2.75) is 12.1 Å². The predicted molar refractivity (Wildman–Crippen MR) is 67.7 cm³/mol. The van der Waals surface area contributed by atoms with E-state index in [9.17, 15) is 9.00 Å². The highest BCUT2D eigenvalue weighted by atomic mass is 32.2. The Morgan fingerprint density at radius 1 is 1.32 bits per heavy atom. The molecule has 6 nitrogen and oxygen atoms in total. The van der Waals surface area contributed by atoms with Gasteiger partial charge in [-0.2, -0.15) is 0 Å². The van der Waals surface area contributed by atoms with Gasteiger partial charge in [0.15, 0.2) is 11.5 Å². The first-order valence-corrected chi connectivity index (χ1v) is 7.35. The van der Waals surface area contributed by atoms with Crippen molar-refractivity contribution in [1.29, 1.82) is 0 Å². The van der Waals surface area contributed by atoms with Gasteiger partial charge in [0.25, 0.3) is 0 Å². The third-order valence-corrected chi connectivity index (χ3v) is 4.61. The number of carboxylic acids is 1. The molecule has 0 spiro atoms. The highest BCUT2D eigenvalue weighted by Crippen LogP contribution is 2.34. The van der Waals surface area contributed by atoms with Gasteiger partial charge < -0.3 is 14.6 Å². The minimum atomic E-state index is -1.14. The largest absolute Gasteiger partial charge is 0.480 e. The number of hydrogen-bond acceptors (Lipinski definition) is 5. The van der Waals surface area contributed by atoms with E-state index in [-0.39, 0.29) is 18.6 Å². The summed E-state index contributed by atoms with van der Waals surface area (Å²) in [5.74, 6) is 0.900. The minimum Gasteiger partial charge on any atom is -0.480 e. The lowest BCUT2D eigenvalue weighted by Gasteiger charge is -2.28. The average Bonchev–Trinajstić information content (AvgIpc) is 2.85. The van der Waals surface area contributed by atoms with Crippen molar-refractivity contribution in [3.8, 4) is 11.5 Å². The second-order valence-corrected chi connectivity index (χ2v) is 6.04. The van der Waals surface area contributed by atoms with Crippen molar-refractivity contribution < 1.29 is 23.6 Å². The number of benzene rings is 1. The Labute approximate surface area is 112 Å². The van der Waals surface area contributed by atoms with Gasteiger partial charge in [-0.05, 0) is 17.7 Å². The Hall–Kier alpha value is -1.60. The van der Waals surface area contributed by atoms with Crippen molar-refractivity contribution in [3.05, 3.63) is 23.8 Å². The molecular formula is C12H13NO5S. The van der Waals surface area contributed by atoms with Crippen LogP contribution in [0.5, 0.6) is 11.5 Å². The van der Waals surface area contributed by atoms with E-state index in [0.717, 1.165) is 5.56 Å². The van der Waals surface area contributed by atoms with E-state index >= 15 is 0 Å². The van der Waals surface area contributed by atoms with Gasteiger partial charge in [0.2, 0.25) is 6.79 Å². The fraction of sp³-hybridized carbons (Fsp3) is 0.417. The summed E-state index contributed by atoms with van der Waals surface area (Å²) in [5, 5.41) is 12.0. The van der Waals surface area contributed by atoms with Crippen LogP contribution in [0.15, 0.2) is 18.2 Å². The molecule has 3 unspecified atom stereocenters. The van der Waals surface area contributed by atoms with Crippen molar-refractivity contribution in [3.63, 3.8) is 0 Å². The quantitative estimate of drug-likeness (QED) is 0.810. The molecule has 2 heterocycles. The molecular weight excluding hydrogens is 270 g/mol. The summed E-state index contributed by atoms with van der Waals surface area (Å²) in [7, 11) is -1.14. The average molecular weight is 283 g/mol. The highest BCUT2D eigenvalue weighted by Gasteiger charge is 2.31. The van der Waals surface area contributed by atoms with Gasteiger partial charge in [0, 0.05) is 28.3 Å². The molecule has 0 aliphatic carbocycles. The Morgan fingerprint density at radius 2 is 2.11 bits per heavy atom. The van der Waals surface area contributed by atoms with Gasteiger partial charge in [-0.3, -0.25) is 14.3 Å². The Balaban J connectivity index is 1.84. The monoisotopic (exact) mass is 283 g/mol. The number of nitrogens with one attached hydrogen (secondary N) is 1. The van der Waals surface area contributed by atoms with E-state index in [1.807, 2.05) is 6.07 Å². The molecule has 2 N–H and O–H groups in total. The molecule has 2 aliphatic heterocycles. The van der Waals surface area contributed by atoms with Crippen LogP contribution in [0.25, 0.3) is 0 Å². The van der Waals surface area contributed by atoms with Gasteiger partial charge in [-0.25, -0.2) is 0 Å². The van der Waals surface area contributed by atoms with E-state index in [1.54, 1.807) is 12.1 Å². The first kappa shape index (κ1) is 12.4. The molecule has 1 aromatic rings. The van der Waals surface area contributed by atoms with E-state index in [4.69, 9.17) is 14.6 Å². The smallest absolute Gasteiger partial charge is 0.321 e. The van der Waals surface area contributed by atoms with Gasteiger partial charge in [-0.1, -0.05) is 6.07 Å². The lowest BCUT2D eigenvalue weighted by molar-refractivity contribution is -0.139. The molecule has 0 saturated carbocycles. The second-order valence-electron chi connectivity index (χ2n) is 4.50. The number of carboxylic acid groups (broad SMARTS) is 1. The molecule has 3 rings (SSSR count). The molecule has 1 saturated heterocycles. The SMILES string of the molecule is O=C(O)C1CS(=O)CC(c2ccc3c(c2)OCO3)N1. The third kappa shape index (κ3) is 2.43. The molecule has 102 valence electrons. The van der Waals surface area contributed by atoms with Gasteiger partial charge in [-0.15, -0.1) is 0 Å². The summed E-state index contributed by atoms with van der Waals surface area (Å²) in [4.78, 5) is 11.0. The van der Waals surface area contributed by atoms with Crippen LogP contribution in [0, 0.1) is 0 Å². The van der Waals surface area contributed by atoms with E-state index in [0.29, 0.717) is 17.3 Å². The molecule has 2 aliphatic rings. The molecule has 3 atom stereocenters. The normalized spacial score (nSPS) is 29.2. The van der Waals surface area contributed by atoms with Gasteiger partial charge in [0.1, 0.15) is 6.04 Å². The lowest BCUT2D eigenvalue weighted by atomic mass is 10.1. The third-order valence-electron chi connectivity index (χ3n) is 3.20. The van der Waals surface area contributed by atoms with Gasteiger partial charge >= 0.3 is 5.97 Å². The number of hydrogen-bond donors (Lipinski definition) is 2. The summed E-state index contributed by atoms with van der Waals surface area (Å²) < 4.78 is 22.3.